The molecule has 0 spiro atoms. The fourth-order valence-corrected chi connectivity index (χ4v) is 2.91. The summed E-state index contributed by atoms with van der Waals surface area (Å²) < 4.78 is 5.87. The zero-order chi connectivity index (χ0) is 15.4. The normalized spacial score (nSPS) is 16.7. The molecule has 3 heteroatoms. The van der Waals surface area contributed by atoms with Crippen LogP contribution in [0.3, 0.4) is 0 Å². The summed E-state index contributed by atoms with van der Waals surface area (Å²) in [7, 11) is 0. The van der Waals surface area contributed by atoms with Crippen LogP contribution in [0.25, 0.3) is 0 Å². The molecule has 1 N–H and O–H groups in total. The summed E-state index contributed by atoms with van der Waals surface area (Å²) in [6.45, 7) is 7.97. The maximum Gasteiger partial charge on any atom is 0.119 e. The number of anilines is 1. The lowest BCUT2D eigenvalue weighted by Crippen LogP contribution is -2.47. The fourth-order valence-electron chi connectivity index (χ4n) is 2.91. The van der Waals surface area contributed by atoms with Crippen LogP contribution in [0.4, 0.5) is 5.69 Å². The average molecular weight is 296 g/mol. The molecule has 3 rings (SSSR count). The summed E-state index contributed by atoms with van der Waals surface area (Å²) in [4.78, 5) is 2.43. The van der Waals surface area contributed by atoms with Crippen LogP contribution < -0.4 is 15.0 Å². The topological polar surface area (TPSA) is 24.5 Å². The Labute approximate surface area is 132 Å². The van der Waals surface area contributed by atoms with Gasteiger partial charge in [0.1, 0.15) is 12.4 Å². The second kappa shape index (κ2) is 6.41. The Morgan fingerprint density at radius 1 is 1.05 bits per heavy atom. The zero-order valence-electron chi connectivity index (χ0n) is 13.4. The van der Waals surface area contributed by atoms with Gasteiger partial charge in [0.05, 0.1) is 6.54 Å². The third-order valence-corrected chi connectivity index (χ3v) is 4.05. The Morgan fingerprint density at radius 2 is 1.77 bits per heavy atom. The monoisotopic (exact) mass is 296 g/mol. The lowest BCUT2D eigenvalue weighted by molar-refractivity contribution is 0.316. The lowest BCUT2D eigenvalue weighted by atomic mass is 10.1. The van der Waals surface area contributed by atoms with Crippen LogP contribution in [0.1, 0.15) is 19.4 Å². The molecule has 0 saturated heterocycles. The molecule has 3 nitrogen and oxygen atoms in total. The first-order valence-electron chi connectivity index (χ1n) is 7.90. The third kappa shape index (κ3) is 3.60. The molecule has 0 unspecified atom stereocenters. The van der Waals surface area contributed by atoms with Gasteiger partial charge in [0.25, 0.3) is 0 Å². The predicted octanol–water partition coefficient (Wildman–Crippen LogP) is 3.45. The Morgan fingerprint density at radius 3 is 2.59 bits per heavy atom. The van der Waals surface area contributed by atoms with Crippen molar-refractivity contribution in [3.05, 3.63) is 60.2 Å². The number of para-hydroxylation sites is 2. The highest BCUT2D eigenvalue weighted by atomic mass is 16.5. The zero-order valence-corrected chi connectivity index (χ0v) is 13.4. The van der Waals surface area contributed by atoms with Crippen molar-refractivity contribution in [2.45, 2.75) is 25.9 Å². The van der Waals surface area contributed by atoms with Crippen LogP contribution in [0, 0.1) is 0 Å². The molecule has 2 aromatic rings. The summed E-state index contributed by atoms with van der Waals surface area (Å²) in [5.41, 5.74) is 2.76. The Hall–Kier alpha value is -2.00. The molecular formula is C19H24N2O. The van der Waals surface area contributed by atoms with Crippen LogP contribution in [0.2, 0.25) is 0 Å². The molecule has 0 bridgehead atoms. The SMILES string of the molecule is CC1(C)CN(CCOc2ccccc2)c2ccccc2CN1. The Balaban J connectivity index is 1.70. The van der Waals surface area contributed by atoms with Gasteiger partial charge in [-0.05, 0) is 37.6 Å². The van der Waals surface area contributed by atoms with Crippen molar-refractivity contribution < 1.29 is 4.74 Å². The van der Waals surface area contributed by atoms with Gasteiger partial charge in [0, 0.05) is 24.3 Å². The van der Waals surface area contributed by atoms with Gasteiger partial charge < -0.3 is 15.0 Å². The van der Waals surface area contributed by atoms with Gasteiger partial charge in [-0.15, -0.1) is 0 Å². The minimum absolute atomic E-state index is 0.0891. The van der Waals surface area contributed by atoms with Crippen molar-refractivity contribution in [2.24, 2.45) is 0 Å². The maximum atomic E-state index is 5.87. The number of nitrogens with one attached hydrogen (secondary N) is 1. The molecule has 22 heavy (non-hydrogen) atoms. The van der Waals surface area contributed by atoms with Gasteiger partial charge >= 0.3 is 0 Å². The second-order valence-electron chi connectivity index (χ2n) is 6.45. The molecule has 116 valence electrons. The second-order valence-corrected chi connectivity index (χ2v) is 6.45. The number of benzene rings is 2. The maximum absolute atomic E-state index is 5.87. The van der Waals surface area contributed by atoms with E-state index in [4.69, 9.17) is 4.74 Å². The van der Waals surface area contributed by atoms with Crippen LogP contribution in [-0.2, 0) is 6.54 Å². The molecule has 1 aliphatic rings. The van der Waals surface area contributed by atoms with E-state index in [1.54, 1.807) is 0 Å². The van der Waals surface area contributed by atoms with E-state index >= 15 is 0 Å². The molecule has 0 atom stereocenters. The van der Waals surface area contributed by atoms with Crippen LogP contribution in [0.5, 0.6) is 5.75 Å². The van der Waals surface area contributed by atoms with E-state index in [1.807, 2.05) is 30.3 Å². The van der Waals surface area contributed by atoms with Crippen molar-refractivity contribution in [3.8, 4) is 5.75 Å². The summed E-state index contributed by atoms with van der Waals surface area (Å²) in [6.07, 6.45) is 0. The highest BCUT2D eigenvalue weighted by molar-refractivity contribution is 5.55. The van der Waals surface area contributed by atoms with Gasteiger partial charge in [-0.1, -0.05) is 36.4 Å². The smallest absolute Gasteiger partial charge is 0.119 e. The summed E-state index contributed by atoms with van der Waals surface area (Å²) >= 11 is 0. The first kappa shape index (κ1) is 14.9. The minimum Gasteiger partial charge on any atom is -0.492 e. The van der Waals surface area contributed by atoms with Crippen LogP contribution in [-0.4, -0.2) is 25.2 Å². The minimum atomic E-state index is 0.0891. The van der Waals surface area contributed by atoms with E-state index < -0.39 is 0 Å². The number of nitrogens with zero attached hydrogens (tertiary/aromatic N) is 1. The highest BCUT2D eigenvalue weighted by Crippen LogP contribution is 2.26. The molecule has 1 heterocycles. The van der Waals surface area contributed by atoms with Gasteiger partial charge in [-0.3, -0.25) is 0 Å². The molecule has 0 aromatic heterocycles. The van der Waals surface area contributed by atoms with E-state index in [-0.39, 0.29) is 5.54 Å². The number of hydrogen-bond acceptors (Lipinski definition) is 3. The fraction of sp³-hybridized carbons (Fsp3) is 0.368. The quantitative estimate of drug-likeness (QED) is 0.935. The first-order valence-corrected chi connectivity index (χ1v) is 7.90. The first-order chi connectivity index (χ1) is 10.6. The van der Waals surface area contributed by atoms with Crippen molar-refractivity contribution in [1.82, 2.24) is 5.32 Å². The predicted molar refractivity (Wildman–Crippen MR) is 91.5 cm³/mol. The van der Waals surface area contributed by atoms with E-state index in [0.717, 1.165) is 25.4 Å². The summed E-state index contributed by atoms with van der Waals surface area (Å²) in [5.74, 6) is 0.933. The Kier molecular flexibility index (Phi) is 4.34. The molecule has 0 fully saturated rings. The average Bonchev–Trinajstić information content (AvgIpc) is 2.65. The van der Waals surface area contributed by atoms with E-state index in [9.17, 15) is 0 Å². The number of rotatable bonds is 4. The molecule has 2 aromatic carbocycles. The van der Waals surface area contributed by atoms with E-state index in [1.165, 1.54) is 11.3 Å². The van der Waals surface area contributed by atoms with E-state index in [2.05, 4.69) is 48.3 Å². The van der Waals surface area contributed by atoms with Crippen LogP contribution in [0.15, 0.2) is 54.6 Å². The molecule has 0 radical (unpaired) electrons. The Bertz CT molecular complexity index is 610. The summed E-state index contributed by atoms with van der Waals surface area (Å²) in [5, 5.41) is 3.63. The highest BCUT2D eigenvalue weighted by Gasteiger charge is 2.26. The third-order valence-electron chi connectivity index (χ3n) is 4.05. The number of fused-ring (bicyclic) bond motifs is 1. The molecule has 1 aliphatic heterocycles. The van der Waals surface area contributed by atoms with Crippen molar-refractivity contribution >= 4 is 5.69 Å². The van der Waals surface area contributed by atoms with Crippen molar-refractivity contribution in [1.29, 1.82) is 0 Å². The largest absolute Gasteiger partial charge is 0.492 e. The molecule has 0 amide bonds. The van der Waals surface area contributed by atoms with Crippen molar-refractivity contribution in [3.63, 3.8) is 0 Å². The lowest BCUT2D eigenvalue weighted by Gasteiger charge is -2.32. The molecular weight excluding hydrogens is 272 g/mol. The molecule has 0 saturated carbocycles. The summed E-state index contributed by atoms with van der Waals surface area (Å²) in [6, 6.07) is 18.7. The van der Waals surface area contributed by atoms with Gasteiger partial charge in [0.2, 0.25) is 0 Å². The molecule has 0 aliphatic carbocycles. The number of ether oxygens (including phenoxy) is 1. The van der Waals surface area contributed by atoms with Gasteiger partial charge in [-0.25, -0.2) is 0 Å². The number of hydrogen-bond donors (Lipinski definition) is 1. The van der Waals surface area contributed by atoms with Crippen molar-refractivity contribution in [2.75, 3.05) is 24.6 Å². The van der Waals surface area contributed by atoms with E-state index in [0.29, 0.717) is 6.61 Å². The van der Waals surface area contributed by atoms with Gasteiger partial charge in [0.15, 0.2) is 0 Å². The van der Waals surface area contributed by atoms with Gasteiger partial charge in [-0.2, -0.15) is 0 Å². The standard InChI is InChI=1S/C19H24N2O/c1-19(2)15-21(12-13-22-17-9-4-3-5-10-17)18-11-7-6-8-16(18)14-20-19/h3-11,20H,12-15H2,1-2H3. The van der Waals surface area contributed by atoms with Crippen LogP contribution >= 0.6 is 0 Å².